The zero-order valence-electron chi connectivity index (χ0n) is 13.1. The van der Waals surface area contributed by atoms with Crippen LogP contribution < -0.4 is 0 Å². The summed E-state index contributed by atoms with van der Waals surface area (Å²) in [6.07, 6.45) is 3.80. The number of oxazole rings is 1. The van der Waals surface area contributed by atoms with Crippen molar-refractivity contribution < 1.29 is 9.21 Å². The van der Waals surface area contributed by atoms with Gasteiger partial charge in [-0.2, -0.15) is 5.10 Å². The highest BCUT2D eigenvalue weighted by Crippen LogP contribution is 2.13. The number of aryl methyl sites for hydroxylation is 3. The van der Waals surface area contributed by atoms with E-state index in [4.69, 9.17) is 4.42 Å². The van der Waals surface area contributed by atoms with Crippen molar-refractivity contribution in [2.45, 2.75) is 40.0 Å². The SMILES string of the molecule is CCc1ocnc1C(=O)N(C)CCCc1c(C)n[nH]c1C. The summed E-state index contributed by atoms with van der Waals surface area (Å²) in [5, 5.41) is 7.17. The molecule has 114 valence electrons. The van der Waals surface area contributed by atoms with Crippen molar-refractivity contribution in [1.29, 1.82) is 0 Å². The second-order valence-corrected chi connectivity index (χ2v) is 5.22. The van der Waals surface area contributed by atoms with E-state index >= 15 is 0 Å². The third-order valence-electron chi connectivity index (χ3n) is 3.71. The summed E-state index contributed by atoms with van der Waals surface area (Å²) >= 11 is 0. The molecular weight excluding hydrogens is 268 g/mol. The molecule has 0 unspecified atom stereocenters. The van der Waals surface area contributed by atoms with E-state index in [0.29, 0.717) is 24.4 Å². The van der Waals surface area contributed by atoms with Gasteiger partial charge in [-0.25, -0.2) is 4.98 Å². The summed E-state index contributed by atoms with van der Waals surface area (Å²) < 4.78 is 5.21. The van der Waals surface area contributed by atoms with Crippen molar-refractivity contribution in [1.82, 2.24) is 20.1 Å². The molecule has 6 nitrogen and oxygen atoms in total. The predicted molar refractivity (Wildman–Crippen MR) is 79.2 cm³/mol. The van der Waals surface area contributed by atoms with Crippen molar-refractivity contribution in [3.05, 3.63) is 34.8 Å². The summed E-state index contributed by atoms with van der Waals surface area (Å²) in [5.74, 6) is 0.564. The van der Waals surface area contributed by atoms with Gasteiger partial charge in [0.25, 0.3) is 5.91 Å². The van der Waals surface area contributed by atoms with Gasteiger partial charge in [0.2, 0.25) is 0 Å². The van der Waals surface area contributed by atoms with Gasteiger partial charge in [-0.1, -0.05) is 6.92 Å². The number of aromatic nitrogens is 3. The Kier molecular flexibility index (Phi) is 4.77. The Bertz CT molecular complexity index is 595. The van der Waals surface area contributed by atoms with E-state index in [0.717, 1.165) is 24.2 Å². The number of rotatable bonds is 6. The molecule has 0 saturated carbocycles. The lowest BCUT2D eigenvalue weighted by molar-refractivity contribution is 0.0786. The summed E-state index contributed by atoms with van der Waals surface area (Å²) in [6, 6.07) is 0. The third-order valence-corrected chi connectivity index (χ3v) is 3.71. The lowest BCUT2D eigenvalue weighted by Gasteiger charge is -2.16. The van der Waals surface area contributed by atoms with Crippen LogP contribution in [0.2, 0.25) is 0 Å². The van der Waals surface area contributed by atoms with E-state index in [1.165, 1.54) is 12.0 Å². The lowest BCUT2D eigenvalue weighted by Crippen LogP contribution is -2.29. The number of hydrogen-bond donors (Lipinski definition) is 1. The topological polar surface area (TPSA) is 75.0 Å². The fourth-order valence-electron chi connectivity index (χ4n) is 2.41. The van der Waals surface area contributed by atoms with Crippen molar-refractivity contribution in [3.8, 4) is 0 Å². The number of aromatic amines is 1. The standard InChI is InChI=1S/C15H22N4O2/c1-5-13-14(16-9-21-13)15(20)19(4)8-6-7-12-10(2)17-18-11(12)3/h9H,5-8H2,1-4H3,(H,17,18). The molecule has 0 aromatic carbocycles. The van der Waals surface area contributed by atoms with Crippen LogP contribution in [0, 0.1) is 13.8 Å². The molecule has 0 aliphatic rings. The van der Waals surface area contributed by atoms with Gasteiger partial charge >= 0.3 is 0 Å². The fourth-order valence-corrected chi connectivity index (χ4v) is 2.41. The molecule has 0 radical (unpaired) electrons. The lowest BCUT2D eigenvalue weighted by atomic mass is 10.1. The molecule has 0 aliphatic carbocycles. The van der Waals surface area contributed by atoms with Gasteiger partial charge in [-0.05, 0) is 32.3 Å². The summed E-state index contributed by atoms with van der Waals surface area (Å²) in [7, 11) is 1.80. The van der Waals surface area contributed by atoms with Gasteiger partial charge < -0.3 is 9.32 Å². The minimum atomic E-state index is -0.0822. The fraction of sp³-hybridized carbons (Fsp3) is 0.533. The number of carbonyl (C=O) groups excluding carboxylic acids is 1. The molecule has 1 amide bonds. The quantitative estimate of drug-likeness (QED) is 0.885. The van der Waals surface area contributed by atoms with Crippen molar-refractivity contribution >= 4 is 5.91 Å². The Morgan fingerprint density at radius 3 is 2.81 bits per heavy atom. The number of hydrogen-bond acceptors (Lipinski definition) is 4. The van der Waals surface area contributed by atoms with E-state index in [9.17, 15) is 4.79 Å². The first-order chi connectivity index (χ1) is 10.0. The summed E-state index contributed by atoms with van der Waals surface area (Å²) in [4.78, 5) is 18.0. The van der Waals surface area contributed by atoms with Crippen LogP contribution in [0.25, 0.3) is 0 Å². The van der Waals surface area contributed by atoms with E-state index in [1.807, 2.05) is 20.8 Å². The molecule has 21 heavy (non-hydrogen) atoms. The van der Waals surface area contributed by atoms with Gasteiger partial charge in [-0.15, -0.1) is 0 Å². The van der Waals surface area contributed by atoms with Crippen LogP contribution in [-0.4, -0.2) is 39.6 Å². The predicted octanol–water partition coefficient (Wildman–Crippen LogP) is 2.28. The Hall–Kier alpha value is -2.11. The van der Waals surface area contributed by atoms with Gasteiger partial charge in [0.05, 0.1) is 5.69 Å². The Balaban J connectivity index is 1.90. The monoisotopic (exact) mass is 290 g/mol. The van der Waals surface area contributed by atoms with Crippen molar-refractivity contribution in [2.24, 2.45) is 0 Å². The Labute approximate surface area is 124 Å². The Morgan fingerprint density at radius 1 is 1.43 bits per heavy atom. The van der Waals surface area contributed by atoms with E-state index < -0.39 is 0 Å². The van der Waals surface area contributed by atoms with Crippen molar-refractivity contribution in [3.63, 3.8) is 0 Å². The Morgan fingerprint density at radius 2 is 2.19 bits per heavy atom. The highest BCUT2D eigenvalue weighted by atomic mass is 16.3. The van der Waals surface area contributed by atoms with Crippen LogP contribution in [0.1, 0.15) is 46.5 Å². The van der Waals surface area contributed by atoms with Crippen molar-refractivity contribution in [2.75, 3.05) is 13.6 Å². The maximum absolute atomic E-state index is 12.3. The molecule has 0 spiro atoms. The number of H-pyrrole nitrogens is 1. The number of amides is 1. The third kappa shape index (κ3) is 3.32. The van der Waals surface area contributed by atoms with E-state index in [-0.39, 0.29) is 5.91 Å². The molecule has 2 aromatic heterocycles. The van der Waals surface area contributed by atoms with Gasteiger partial charge in [0, 0.05) is 25.7 Å². The highest BCUT2D eigenvalue weighted by Gasteiger charge is 2.19. The maximum atomic E-state index is 12.3. The first-order valence-corrected chi connectivity index (χ1v) is 7.22. The van der Waals surface area contributed by atoms with Gasteiger partial charge in [0.1, 0.15) is 5.76 Å². The molecule has 0 saturated heterocycles. The van der Waals surface area contributed by atoms with Crippen LogP contribution in [0.5, 0.6) is 0 Å². The molecule has 0 fully saturated rings. The average Bonchev–Trinajstić information content (AvgIpc) is 3.07. The second-order valence-electron chi connectivity index (χ2n) is 5.22. The zero-order valence-corrected chi connectivity index (χ0v) is 13.1. The molecule has 1 N–H and O–H groups in total. The molecule has 0 aliphatic heterocycles. The van der Waals surface area contributed by atoms with Gasteiger partial charge in [-0.3, -0.25) is 9.89 Å². The highest BCUT2D eigenvalue weighted by molar-refractivity contribution is 5.93. The summed E-state index contributed by atoms with van der Waals surface area (Å²) in [6.45, 7) is 6.64. The smallest absolute Gasteiger partial charge is 0.275 e. The van der Waals surface area contributed by atoms with E-state index in [2.05, 4.69) is 15.2 Å². The van der Waals surface area contributed by atoms with Crippen LogP contribution in [0.15, 0.2) is 10.8 Å². The summed E-state index contributed by atoms with van der Waals surface area (Å²) in [5.41, 5.74) is 3.81. The van der Waals surface area contributed by atoms with Gasteiger partial charge in [0.15, 0.2) is 12.1 Å². The zero-order chi connectivity index (χ0) is 15.4. The largest absolute Gasteiger partial charge is 0.448 e. The minimum absolute atomic E-state index is 0.0822. The molecule has 2 aromatic rings. The van der Waals surface area contributed by atoms with Crippen LogP contribution >= 0.6 is 0 Å². The maximum Gasteiger partial charge on any atom is 0.275 e. The van der Waals surface area contributed by atoms with E-state index in [1.54, 1.807) is 11.9 Å². The number of carbonyl (C=O) groups is 1. The molecule has 2 heterocycles. The van der Waals surface area contributed by atoms with Crippen LogP contribution in [0.4, 0.5) is 0 Å². The number of nitrogens with zero attached hydrogens (tertiary/aromatic N) is 3. The first-order valence-electron chi connectivity index (χ1n) is 7.22. The first kappa shape index (κ1) is 15.3. The average molecular weight is 290 g/mol. The second kappa shape index (κ2) is 6.56. The van der Waals surface area contributed by atoms with Crippen LogP contribution in [-0.2, 0) is 12.8 Å². The van der Waals surface area contributed by atoms with Crippen LogP contribution in [0.3, 0.4) is 0 Å². The molecule has 0 bridgehead atoms. The number of nitrogens with one attached hydrogen (secondary N) is 1. The molecule has 2 rings (SSSR count). The minimum Gasteiger partial charge on any atom is -0.448 e. The normalized spacial score (nSPS) is 10.9. The molecule has 6 heteroatoms. The molecular formula is C15H22N4O2. The molecule has 0 atom stereocenters.